The summed E-state index contributed by atoms with van der Waals surface area (Å²) in [5, 5.41) is 11.9. The second kappa shape index (κ2) is 7.15. The summed E-state index contributed by atoms with van der Waals surface area (Å²) in [4.78, 5) is 25.9. The number of fused-ring (bicyclic) bond motifs is 1. The maximum Gasteiger partial charge on any atom is 0.248 e. The van der Waals surface area contributed by atoms with Gasteiger partial charge in [-0.15, -0.1) is 0 Å². The van der Waals surface area contributed by atoms with Crippen LogP contribution in [0.15, 0.2) is 36.6 Å². The van der Waals surface area contributed by atoms with Crippen molar-refractivity contribution in [1.82, 2.24) is 5.32 Å². The van der Waals surface area contributed by atoms with Crippen LogP contribution in [0.5, 0.6) is 5.75 Å². The molecule has 23 heavy (non-hydrogen) atoms. The Morgan fingerprint density at radius 3 is 2.96 bits per heavy atom. The van der Waals surface area contributed by atoms with Gasteiger partial charge in [-0.25, -0.2) is 0 Å². The van der Waals surface area contributed by atoms with Gasteiger partial charge in [-0.3, -0.25) is 14.5 Å². The molecule has 0 aromatic heterocycles. The molecule has 7 nitrogen and oxygen atoms in total. The van der Waals surface area contributed by atoms with Crippen LogP contribution in [-0.2, 0) is 9.59 Å². The predicted octanol–water partition coefficient (Wildman–Crippen LogP) is 0.706. The normalized spacial score (nSPS) is 18.4. The number of rotatable bonds is 5. The average molecular weight is 319 g/mol. The number of nitrogens with zero attached hydrogens (tertiary/aromatic N) is 1. The second-order valence-electron chi connectivity index (χ2n) is 5.55. The van der Waals surface area contributed by atoms with Crippen LogP contribution >= 0.6 is 0 Å². The van der Waals surface area contributed by atoms with Crippen molar-refractivity contribution < 1.29 is 19.4 Å². The van der Waals surface area contributed by atoms with E-state index in [9.17, 15) is 9.59 Å². The number of nitrogens with one attached hydrogen (secondary N) is 1. The van der Waals surface area contributed by atoms with Crippen molar-refractivity contribution in [2.24, 2.45) is 5.73 Å². The SMILES string of the molecule is C=C(O)C[C@@H](C)NC(=O)CN1C(=O)[C@@H](N)COc2ccccc21. The predicted molar refractivity (Wildman–Crippen MR) is 86.3 cm³/mol. The molecule has 7 heteroatoms. The van der Waals surface area contributed by atoms with Crippen molar-refractivity contribution in [3.05, 3.63) is 36.6 Å². The minimum atomic E-state index is -0.829. The summed E-state index contributed by atoms with van der Waals surface area (Å²) in [5.74, 6) is -0.219. The summed E-state index contributed by atoms with van der Waals surface area (Å²) in [6.07, 6.45) is 0.249. The van der Waals surface area contributed by atoms with E-state index >= 15 is 0 Å². The van der Waals surface area contributed by atoms with Gasteiger partial charge in [0, 0.05) is 12.5 Å². The van der Waals surface area contributed by atoms with Crippen molar-refractivity contribution in [2.45, 2.75) is 25.4 Å². The van der Waals surface area contributed by atoms with Gasteiger partial charge in [-0.1, -0.05) is 18.7 Å². The van der Waals surface area contributed by atoms with Gasteiger partial charge in [0.15, 0.2) is 0 Å². The van der Waals surface area contributed by atoms with Gasteiger partial charge in [0.1, 0.15) is 24.9 Å². The first-order chi connectivity index (χ1) is 10.9. The molecule has 0 spiro atoms. The van der Waals surface area contributed by atoms with E-state index in [2.05, 4.69) is 11.9 Å². The number of hydrogen-bond acceptors (Lipinski definition) is 5. The van der Waals surface area contributed by atoms with Gasteiger partial charge in [0.2, 0.25) is 11.8 Å². The number of carbonyl (C=O) groups excluding carboxylic acids is 2. The van der Waals surface area contributed by atoms with Crippen LogP contribution in [-0.4, -0.2) is 42.2 Å². The summed E-state index contributed by atoms with van der Waals surface area (Å²) in [6, 6.07) is 5.86. The molecular weight excluding hydrogens is 298 g/mol. The molecule has 0 fully saturated rings. The highest BCUT2D eigenvalue weighted by molar-refractivity contribution is 6.03. The summed E-state index contributed by atoms with van der Waals surface area (Å²) < 4.78 is 5.51. The van der Waals surface area contributed by atoms with E-state index in [1.54, 1.807) is 31.2 Å². The number of hydrogen-bond donors (Lipinski definition) is 3. The molecule has 0 aliphatic carbocycles. The lowest BCUT2D eigenvalue weighted by atomic mass is 10.2. The zero-order chi connectivity index (χ0) is 17.0. The van der Waals surface area contributed by atoms with Crippen LogP contribution in [0.1, 0.15) is 13.3 Å². The molecule has 4 N–H and O–H groups in total. The largest absolute Gasteiger partial charge is 0.513 e. The number of amides is 2. The molecule has 0 radical (unpaired) electrons. The fourth-order valence-corrected chi connectivity index (χ4v) is 2.40. The summed E-state index contributed by atoms with van der Waals surface area (Å²) in [5.41, 5.74) is 6.31. The molecule has 2 rings (SSSR count). The Balaban J connectivity index is 2.14. The van der Waals surface area contributed by atoms with E-state index in [-0.39, 0.29) is 43.2 Å². The third-order valence-corrected chi connectivity index (χ3v) is 3.41. The lowest BCUT2D eigenvalue weighted by Crippen LogP contribution is -2.49. The lowest BCUT2D eigenvalue weighted by Gasteiger charge is -2.23. The molecule has 1 aliphatic heterocycles. The molecule has 1 aromatic rings. The number of aliphatic hydroxyl groups is 1. The lowest BCUT2D eigenvalue weighted by molar-refractivity contribution is -0.124. The molecule has 0 saturated carbocycles. The molecule has 1 aromatic carbocycles. The highest BCUT2D eigenvalue weighted by Gasteiger charge is 2.30. The Morgan fingerprint density at radius 1 is 1.57 bits per heavy atom. The molecule has 0 saturated heterocycles. The highest BCUT2D eigenvalue weighted by atomic mass is 16.5. The number of anilines is 1. The monoisotopic (exact) mass is 319 g/mol. The van der Waals surface area contributed by atoms with Crippen LogP contribution in [0.3, 0.4) is 0 Å². The first kappa shape index (κ1) is 16.8. The molecule has 1 heterocycles. The number of aliphatic hydroxyl groups excluding tert-OH is 1. The fraction of sp³-hybridized carbons (Fsp3) is 0.375. The van der Waals surface area contributed by atoms with Crippen LogP contribution < -0.4 is 20.7 Å². The van der Waals surface area contributed by atoms with Crippen molar-refractivity contribution in [3.63, 3.8) is 0 Å². The van der Waals surface area contributed by atoms with E-state index < -0.39 is 6.04 Å². The van der Waals surface area contributed by atoms with Crippen LogP contribution in [0, 0.1) is 0 Å². The van der Waals surface area contributed by atoms with Gasteiger partial charge in [0.25, 0.3) is 0 Å². The molecular formula is C16H21N3O4. The van der Waals surface area contributed by atoms with Crippen molar-refractivity contribution in [2.75, 3.05) is 18.1 Å². The second-order valence-corrected chi connectivity index (χ2v) is 5.55. The quantitative estimate of drug-likeness (QED) is 0.693. The number of para-hydroxylation sites is 2. The first-order valence-electron chi connectivity index (χ1n) is 7.33. The van der Waals surface area contributed by atoms with Gasteiger partial charge < -0.3 is 20.9 Å². The van der Waals surface area contributed by atoms with E-state index in [1.807, 2.05) is 0 Å². The average Bonchev–Trinajstić information content (AvgIpc) is 2.59. The van der Waals surface area contributed by atoms with E-state index in [0.717, 1.165) is 0 Å². The van der Waals surface area contributed by atoms with Crippen molar-refractivity contribution in [3.8, 4) is 5.75 Å². The van der Waals surface area contributed by atoms with E-state index in [1.165, 1.54) is 4.90 Å². The number of ether oxygens (including phenoxy) is 1. The Bertz CT molecular complexity index is 617. The Morgan fingerprint density at radius 2 is 2.26 bits per heavy atom. The minimum Gasteiger partial charge on any atom is -0.513 e. The number of carbonyl (C=O) groups is 2. The van der Waals surface area contributed by atoms with E-state index in [4.69, 9.17) is 15.6 Å². The molecule has 0 unspecified atom stereocenters. The summed E-state index contributed by atoms with van der Waals surface area (Å²) >= 11 is 0. The molecule has 2 amide bonds. The van der Waals surface area contributed by atoms with Gasteiger partial charge in [0.05, 0.1) is 11.4 Å². The zero-order valence-electron chi connectivity index (χ0n) is 13.0. The molecule has 1 aliphatic rings. The smallest absolute Gasteiger partial charge is 0.248 e. The van der Waals surface area contributed by atoms with E-state index in [0.29, 0.717) is 11.4 Å². The third-order valence-electron chi connectivity index (χ3n) is 3.41. The standard InChI is InChI=1S/C16H21N3O4/c1-10(7-11(2)20)18-15(21)8-19-13-5-3-4-6-14(13)23-9-12(17)16(19)22/h3-6,10,12,20H,2,7-9,17H2,1H3,(H,18,21)/t10-,12+/m1/s1. The third kappa shape index (κ3) is 4.23. The molecule has 2 atom stereocenters. The fourth-order valence-electron chi connectivity index (χ4n) is 2.40. The topological polar surface area (TPSA) is 105 Å². The van der Waals surface area contributed by atoms with Gasteiger partial charge in [-0.05, 0) is 19.1 Å². The van der Waals surface area contributed by atoms with Crippen LogP contribution in [0.25, 0.3) is 0 Å². The van der Waals surface area contributed by atoms with Crippen LogP contribution in [0.2, 0.25) is 0 Å². The summed E-state index contributed by atoms with van der Waals surface area (Å²) in [7, 11) is 0. The Labute approximate surface area is 134 Å². The number of nitrogens with two attached hydrogens (primary N) is 1. The Hall–Kier alpha value is -2.54. The number of benzene rings is 1. The first-order valence-corrected chi connectivity index (χ1v) is 7.33. The summed E-state index contributed by atoms with van der Waals surface area (Å²) in [6.45, 7) is 5.02. The maximum absolute atomic E-state index is 12.4. The van der Waals surface area contributed by atoms with Gasteiger partial charge in [-0.2, -0.15) is 0 Å². The molecule has 124 valence electrons. The molecule has 0 bridgehead atoms. The highest BCUT2D eigenvalue weighted by Crippen LogP contribution is 2.30. The Kier molecular flexibility index (Phi) is 5.23. The maximum atomic E-state index is 12.4. The minimum absolute atomic E-state index is 0.00980. The van der Waals surface area contributed by atoms with Crippen molar-refractivity contribution in [1.29, 1.82) is 0 Å². The van der Waals surface area contributed by atoms with Gasteiger partial charge >= 0.3 is 0 Å². The van der Waals surface area contributed by atoms with Crippen molar-refractivity contribution >= 4 is 17.5 Å². The zero-order valence-corrected chi connectivity index (χ0v) is 13.0. The van der Waals surface area contributed by atoms with Crippen LogP contribution in [0.4, 0.5) is 5.69 Å².